The fourth-order valence-corrected chi connectivity index (χ4v) is 5.00. The number of benzene rings is 2. The van der Waals surface area contributed by atoms with E-state index in [1.54, 1.807) is 21.3 Å². The lowest BCUT2D eigenvalue weighted by Crippen LogP contribution is -2.28. The molecule has 0 unspecified atom stereocenters. The predicted molar refractivity (Wildman–Crippen MR) is 152 cm³/mol. The van der Waals surface area contributed by atoms with Crippen LogP contribution in [0.3, 0.4) is 0 Å². The van der Waals surface area contributed by atoms with E-state index in [-0.39, 0.29) is 7.43 Å². The van der Waals surface area contributed by atoms with E-state index in [0.29, 0.717) is 17.5 Å². The van der Waals surface area contributed by atoms with Gasteiger partial charge in [0.1, 0.15) is 11.6 Å². The number of fused-ring (bicyclic) bond motifs is 1. The summed E-state index contributed by atoms with van der Waals surface area (Å²) in [5, 5.41) is 8.27. The zero-order valence-electron chi connectivity index (χ0n) is 22.1. The van der Waals surface area contributed by atoms with Crippen molar-refractivity contribution in [3.8, 4) is 17.2 Å². The van der Waals surface area contributed by atoms with E-state index in [2.05, 4.69) is 27.7 Å². The minimum atomic E-state index is 0. The molecule has 2 N–H and O–H groups in total. The van der Waals surface area contributed by atoms with Crippen LogP contribution in [-0.2, 0) is 6.54 Å². The van der Waals surface area contributed by atoms with Gasteiger partial charge in [0.05, 0.1) is 26.8 Å². The van der Waals surface area contributed by atoms with E-state index in [1.807, 2.05) is 38.4 Å². The Bertz CT molecular complexity index is 1150. The molecule has 1 aliphatic carbocycles. The van der Waals surface area contributed by atoms with Crippen LogP contribution in [0.25, 0.3) is 10.9 Å². The van der Waals surface area contributed by atoms with Gasteiger partial charge in [0.25, 0.3) is 0 Å². The molecule has 0 spiro atoms. The van der Waals surface area contributed by atoms with Crippen molar-refractivity contribution in [3.63, 3.8) is 0 Å². The summed E-state index contributed by atoms with van der Waals surface area (Å²) in [7, 11) is 9.02. The molecule has 1 heterocycles. The van der Waals surface area contributed by atoms with Crippen LogP contribution in [0.4, 0.5) is 11.8 Å². The first-order valence-corrected chi connectivity index (χ1v) is 12.7. The highest BCUT2D eigenvalue weighted by atomic mass is 16.5. The fourth-order valence-electron chi connectivity index (χ4n) is 5.00. The van der Waals surface area contributed by atoms with Gasteiger partial charge in [0, 0.05) is 43.7 Å². The van der Waals surface area contributed by atoms with E-state index >= 15 is 0 Å². The first kappa shape index (κ1) is 28.3. The quantitative estimate of drug-likeness (QED) is 0.328. The number of hydrogen-bond acceptors (Lipinski definition) is 8. The van der Waals surface area contributed by atoms with Crippen LogP contribution in [0.15, 0.2) is 36.4 Å². The number of hydrogen-bond donors (Lipinski definition) is 2. The first-order valence-electron chi connectivity index (χ1n) is 12.7. The maximum atomic E-state index is 5.54. The van der Waals surface area contributed by atoms with E-state index in [4.69, 9.17) is 24.2 Å². The topological polar surface area (TPSA) is 80.8 Å². The van der Waals surface area contributed by atoms with Crippen molar-refractivity contribution in [1.82, 2.24) is 15.3 Å². The van der Waals surface area contributed by atoms with Crippen molar-refractivity contribution >= 4 is 22.7 Å². The van der Waals surface area contributed by atoms with E-state index in [9.17, 15) is 0 Å². The Morgan fingerprint density at radius 2 is 1.57 bits per heavy atom. The molecule has 1 fully saturated rings. The van der Waals surface area contributed by atoms with Crippen LogP contribution in [0.2, 0.25) is 0 Å². The highest BCUT2D eigenvalue weighted by molar-refractivity contribution is 5.90. The van der Waals surface area contributed by atoms with Gasteiger partial charge in [-0.2, -0.15) is 4.98 Å². The second kappa shape index (κ2) is 13.3. The molecule has 0 aliphatic heterocycles. The SMILES string of the molecule is C.COc1cc(OC)c(OC)cc1CNCCC1CCC(Nc2nc(N(C)C)c3ccccc3n2)CC1. The van der Waals surface area contributed by atoms with Gasteiger partial charge in [0.15, 0.2) is 11.5 Å². The molecule has 0 radical (unpaired) electrons. The summed E-state index contributed by atoms with van der Waals surface area (Å²) >= 11 is 0. The van der Waals surface area contributed by atoms with Crippen molar-refractivity contribution < 1.29 is 14.2 Å². The minimum absolute atomic E-state index is 0. The summed E-state index contributed by atoms with van der Waals surface area (Å²) in [6.45, 7) is 1.70. The van der Waals surface area contributed by atoms with Gasteiger partial charge < -0.3 is 29.7 Å². The molecule has 202 valence electrons. The first-order chi connectivity index (χ1) is 17.5. The Morgan fingerprint density at radius 1 is 0.892 bits per heavy atom. The molecule has 2 aromatic carbocycles. The summed E-state index contributed by atoms with van der Waals surface area (Å²) in [4.78, 5) is 11.6. The number of aromatic nitrogens is 2. The number of rotatable bonds is 11. The van der Waals surface area contributed by atoms with Crippen molar-refractivity contribution in [1.29, 1.82) is 0 Å². The Hall–Kier alpha value is -3.26. The molecule has 0 bridgehead atoms. The molecular weight excluding hydrogens is 466 g/mol. The highest BCUT2D eigenvalue weighted by Crippen LogP contribution is 2.35. The minimum Gasteiger partial charge on any atom is -0.496 e. The number of ether oxygens (including phenoxy) is 3. The average molecular weight is 510 g/mol. The van der Waals surface area contributed by atoms with Crippen LogP contribution in [-0.4, -0.2) is 58.0 Å². The summed E-state index contributed by atoms with van der Waals surface area (Å²) in [6, 6.07) is 12.5. The average Bonchev–Trinajstić information content (AvgIpc) is 2.91. The smallest absolute Gasteiger partial charge is 0.225 e. The third-order valence-electron chi connectivity index (χ3n) is 7.02. The molecule has 3 aromatic rings. The fraction of sp³-hybridized carbons (Fsp3) is 0.517. The number of nitrogens with one attached hydrogen (secondary N) is 2. The van der Waals surface area contributed by atoms with Crippen LogP contribution in [0.5, 0.6) is 17.2 Å². The summed E-state index contributed by atoms with van der Waals surface area (Å²) in [5.74, 6) is 4.61. The van der Waals surface area contributed by atoms with Gasteiger partial charge >= 0.3 is 0 Å². The maximum absolute atomic E-state index is 5.54. The lowest BCUT2D eigenvalue weighted by Gasteiger charge is -2.29. The Kier molecular flexibility index (Phi) is 10.2. The predicted octanol–water partition coefficient (Wildman–Crippen LogP) is 5.51. The molecule has 8 heteroatoms. The number of anilines is 2. The number of para-hydroxylation sites is 1. The zero-order valence-corrected chi connectivity index (χ0v) is 22.1. The van der Waals surface area contributed by atoms with Gasteiger partial charge in [-0.05, 0) is 62.8 Å². The zero-order chi connectivity index (χ0) is 25.5. The van der Waals surface area contributed by atoms with Crippen LogP contribution >= 0.6 is 0 Å². The lowest BCUT2D eigenvalue weighted by atomic mass is 9.84. The molecule has 0 amide bonds. The normalized spacial score (nSPS) is 17.1. The molecule has 0 saturated heterocycles. The van der Waals surface area contributed by atoms with Gasteiger partial charge in [0.2, 0.25) is 5.95 Å². The molecule has 1 aliphatic rings. The lowest BCUT2D eigenvalue weighted by molar-refractivity contribution is 0.315. The largest absolute Gasteiger partial charge is 0.496 e. The molecular formula is C29H43N5O3. The monoisotopic (exact) mass is 509 g/mol. The summed E-state index contributed by atoms with van der Waals surface area (Å²) in [6.07, 6.45) is 5.88. The Morgan fingerprint density at radius 3 is 2.24 bits per heavy atom. The van der Waals surface area contributed by atoms with E-state index in [0.717, 1.165) is 65.8 Å². The Balaban J connectivity index is 0.00000380. The highest BCUT2D eigenvalue weighted by Gasteiger charge is 2.22. The number of methoxy groups -OCH3 is 3. The van der Waals surface area contributed by atoms with Crippen LogP contribution in [0.1, 0.15) is 45.1 Å². The van der Waals surface area contributed by atoms with Crippen molar-refractivity contribution in [2.24, 2.45) is 5.92 Å². The molecule has 1 saturated carbocycles. The van der Waals surface area contributed by atoms with Crippen molar-refractivity contribution in [3.05, 3.63) is 42.0 Å². The van der Waals surface area contributed by atoms with Gasteiger partial charge in [-0.3, -0.25) is 0 Å². The van der Waals surface area contributed by atoms with Gasteiger partial charge in [-0.1, -0.05) is 19.6 Å². The van der Waals surface area contributed by atoms with E-state index in [1.165, 1.54) is 19.3 Å². The number of nitrogens with zero attached hydrogens (tertiary/aromatic N) is 3. The maximum Gasteiger partial charge on any atom is 0.225 e. The molecule has 8 nitrogen and oxygen atoms in total. The molecule has 37 heavy (non-hydrogen) atoms. The molecule has 4 rings (SSSR count). The van der Waals surface area contributed by atoms with Crippen LogP contribution < -0.4 is 29.7 Å². The second-order valence-corrected chi connectivity index (χ2v) is 9.63. The standard InChI is InChI=1S/C28H39N5O3.CH4/c1-33(2)27-22-8-6-7-9-23(22)31-28(32-27)30-21-12-10-19(11-13-21)14-15-29-18-20-16-25(35-4)26(36-5)17-24(20)34-3;/h6-9,16-17,19,21,29H,10-15,18H2,1-5H3,(H,30,31,32);1H4. The van der Waals surface area contributed by atoms with E-state index < -0.39 is 0 Å². The van der Waals surface area contributed by atoms with Crippen molar-refractivity contribution in [2.45, 2.75) is 52.1 Å². The molecule has 1 aromatic heterocycles. The summed E-state index contributed by atoms with van der Waals surface area (Å²) in [5.41, 5.74) is 2.04. The second-order valence-electron chi connectivity index (χ2n) is 9.63. The third kappa shape index (κ3) is 6.95. The van der Waals surface area contributed by atoms with Crippen molar-refractivity contribution in [2.75, 3.05) is 52.2 Å². The third-order valence-corrected chi connectivity index (χ3v) is 7.02. The van der Waals surface area contributed by atoms with Crippen LogP contribution in [0, 0.1) is 5.92 Å². The summed E-state index contributed by atoms with van der Waals surface area (Å²) < 4.78 is 16.4. The Labute approximate surface area is 221 Å². The molecule has 0 atom stereocenters. The van der Waals surface area contributed by atoms with Gasteiger partial charge in [-0.25, -0.2) is 4.98 Å². The van der Waals surface area contributed by atoms with Gasteiger partial charge in [-0.15, -0.1) is 0 Å².